The molecule has 2 N–H and O–H groups in total. The van der Waals surface area contributed by atoms with Crippen LogP contribution in [-0.4, -0.2) is 42.8 Å². The van der Waals surface area contributed by atoms with Crippen molar-refractivity contribution in [2.75, 3.05) is 32.8 Å². The van der Waals surface area contributed by atoms with Crippen molar-refractivity contribution in [1.82, 2.24) is 10.2 Å². The standard InChI is InChI=1S/C14H19N3O/c15-11-12-1-3-13(4-2-12)14(5-10-18)17-8-6-16-7-9-17/h1-4,14,16,18H,5-10H2/t14-/m0/s1. The number of nitriles is 1. The number of benzene rings is 1. The predicted molar refractivity (Wildman–Crippen MR) is 70.0 cm³/mol. The molecule has 0 bridgehead atoms. The third-order valence-corrected chi connectivity index (χ3v) is 3.42. The van der Waals surface area contributed by atoms with E-state index in [0.29, 0.717) is 5.56 Å². The number of hydrogen-bond donors (Lipinski definition) is 2. The topological polar surface area (TPSA) is 59.3 Å². The van der Waals surface area contributed by atoms with E-state index in [0.717, 1.165) is 32.6 Å². The van der Waals surface area contributed by atoms with E-state index in [4.69, 9.17) is 5.26 Å². The number of rotatable bonds is 4. The second-order valence-corrected chi connectivity index (χ2v) is 4.55. The van der Waals surface area contributed by atoms with E-state index in [-0.39, 0.29) is 12.6 Å². The summed E-state index contributed by atoms with van der Waals surface area (Å²) >= 11 is 0. The van der Waals surface area contributed by atoms with E-state index in [2.05, 4.69) is 16.3 Å². The molecule has 0 aliphatic carbocycles. The minimum atomic E-state index is 0.189. The molecular formula is C14H19N3O. The zero-order valence-electron chi connectivity index (χ0n) is 10.5. The Hall–Kier alpha value is -1.41. The van der Waals surface area contributed by atoms with Gasteiger partial charge in [-0.15, -0.1) is 0 Å². The summed E-state index contributed by atoms with van der Waals surface area (Å²) in [7, 11) is 0. The van der Waals surface area contributed by atoms with E-state index in [1.165, 1.54) is 5.56 Å². The first-order valence-electron chi connectivity index (χ1n) is 6.41. The van der Waals surface area contributed by atoms with E-state index in [9.17, 15) is 5.11 Å². The Morgan fingerprint density at radius 1 is 1.28 bits per heavy atom. The molecule has 1 saturated heterocycles. The summed E-state index contributed by atoms with van der Waals surface area (Å²) in [4.78, 5) is 2.40. The lowest BCUT2D eigenvalue weighted by molar-refractivity contribution is 0.141. The van der Waals surface area contributed by atoms with Gasteiger partial charge in [0, 0.05) is 38.8 Å². The van der Waals surface area contributed by atoms with Crippen molar-refractivity contribution >= 4 is 0 Å². The third-order valence-electron chi connectivity index (χ3n) is 3.42. The highest BCUT2D eigenvalue weighted by atomic mass is 16.3. The van der Waals surface area contributed by atoms with Crippen LogP contribution in [0.2, 0.25) is 0 Å². The summed E-state index contributed by atoms with van der Waals surface area (Å²) in [5.41, 5.74) is 1.87. The molecule has 4 heteroatoms. The van der Waals surface area contributed by atoms with Gasteiger partial charge in [0.2, 0.25) is 0 Å². The van der Waals surface area contributed by atoms with Gasteiger partial charge in [-0.3, -0.25) is 4.90 Å². The molecule has 0 aromatic heterocycles. The minimum Gasteiger partial charge on any atom is -0.396 e. The van der Waals surface area contributed by atoms with Crippen LogP contribution in [0.15, 0.2) is 24.3 Å². The molecule has 0 saturated carbocycles. The molecule has 4 nitrogen and oxygen atoms in total. The predicted octanol–water partition coefficient (Wildman–Crippen LogP) is 0.887. The summed E-state index contributed by atoms with van der Waals surface area (Å²) in [6.07, 6.45) is 0.742. The molecule has 2 rings (SSSR count). The van der Waals surface area contributed by atoms with Gasteiger partial charge in [0.05, 0.1) is 11.6 Å². The monoisotopic (exact) mass is 245 g/mol. The van der Waals surface area contributed by atoms with Crippen LogP contribution in [0.1, 0.15) is 23.6 Å². The van der Waals surface area contributed by atoms with Gasteiger partial charge in [0.25, 0.3) is 0 Å². The number of nitrogens with zero attached hydrogens (tertiary/aromatic N) is 2. The zero-order chi connectivity index (χ0) is 12.8. The van der Waals surface area contributed by atoms with Crippen LogP contribution in [0.3, 0.4) is 0 Å². The first-order valence-corrected chi connectivity index (χ1v) is 6.41. The van der Waals surface area contributed by atoms with Crippen molar-refractivity contribution in [1.29, 1.82) is 5.26 Å². The van der Waals surface area contributed by atoms with Crippen LogP contribution >= 0.6 is 0 Å². The number of hydrogen-bond acceptors (Lipinski definition) is 4. The highest BCUT2D eigenvalue weighted by molar-refractivity contribution is 5.33. The van der Waals surface area contributed by atoms with E-state index in [1.54, 1.807) is 0 Å². The molecule has 1 aliphatic heterocycles. The SMILES string of the molecule is N#Cc1ccc([C@H](CCO)N2CCNCC2)cc1. The Balaban J connectivity index is 2.14. The molecule has 96 valence electrons. The highest BCUT2D eigenvalue weighted by Crippen LogP contribution is 2.24. The first-order chi connectivity index (χ1) is 8.85. The average Bonchev–Trinajstić information content (AvgIpc) is 2.46. The van der Waals surface area contributed by atoms with Crippen molar-refractivity contribution in [2.24, 2.45) is 0 Å². The maximum Gasteiger partial charge on any atom is 0.0991 e. The van der Waals surface area contributed by atoms with Crippen LogP contribution in [0.5, 0.6) is 0 Å². The van der Waals surface area contributed by atoms with Crippen molar-refractivity contribution in [3.8, 4) is 6.07 Å². The fraction of sp³-hybridized carbons (Fsp3) is 0.500. The van der Waals surface area contributed by atoms with Gasteiger partial charge >= 0.3 is 0 Å². The summed E-state index contributed by atoms with van der Waals surface area (Å²) in [6.45, 7) is 4.19. The average molecular weight is 245 g/mol. The molecule has 1 aromatic rings. The molecule has 0 unspecified atom stereocenters. The lowest BCUT2D eigenvalue weighted by Gasteiger charge is -2.35. The van der Waals surface area contributed by atoms with Crippen molar-refractivity contribution < 1.29 is 5.11 Å². The van der Waals surface area contributed by atoms with Crippen LogP contribution in [0.4, 0.5) is 0 Å². The summed E-state index contributed by atoms with van der Waals surface area (Å²) in [5, 5.41) is 21.4. The molecule has 0 amide bonds. The second kappa shape index (κ2) is 6.50. The summed E-state index contributed by atoms with van der Waals surface area (Å²) in [6, 6.07) is 10.1. The molecule has 1 fully saturated rings. The van der Waals surface area contributed by atoms with Gasteiger partial charge < -0.3 is 10.4 Å². The van der Waals surface area contributed by atoms with E-state index < -0.39 is 0 Å². The Morgan fingerprint density at radius 2 is 1.94 bits per heavy atom. The number of piperazine rings is 1. The molecule has 1 atom stereocenters. The molecule has 0 radical (unpaired) electrons. The Labute approximate surface area is 108 Å². The fourth-order valence-corrected chi connectivity index (χ4v) is 2.46. The number of nitrogens with one attached hydrogen (secondary N) is 1. The number of aliphatic hydroxyl groups is 1. The maximum atomic E-state index is 9.23. The fourth-order valence-electron chi connectivity index (χ4n) is 2.46. The minimum absolute atomic E-state index is 0.189. The molecule has 1 aliphatic rings. The van der Waals surface area contributed by atoms with Gasteiger partial charge in [0.1, 0.15) is 0 Å². The maximum absolute atomic E-state index is 9.23. The van der Waals surface area contributed by atoms with Gasteiger partial charge in [0.15, 0.2) is 0 Å². The van der Waals surface area contributed by atoms with Gasteiger partial charge in [-0.2, -0.15) is 5.26 Å². The smallest absolute Gasteiger partial charge is 0.0991 e. The molecule has 0 spiro atoms. The molecule has 1 aromatic carbocycles. The van der Waals surface area contributed by atoms with Gasteiger partial charge in [-0.05, 0) is 24.1 Å². The summed E-state index contributed by atoms with van der Waals surface area (Å²) < 4.78 is 0. The van der Waals surface area contributed by atoms with Crippen LogP contribution in [0.25, 0.3) is 0 Å². The lowest BCUT2D eigenvalue weighted by Crippen LogP contribution is -2.45. The Morgan fingerprint density at radius 3 is 2.50 bits per heavy atom. The van der Waals surface area contributed by atoms with Crippen molar-refractivity contribution in [3.63, 3.8) is 0 Å². The normalized spacial score (nSPS) is 18.2. The van der Waals surface area contributed by atoms with E-state index in [1.807, 2.05) is 24.3 Å². The Kier molecular flexibility index (Phi) is 4.71. The zero-order valence-corrected chi connectivity index (χ0v) is 10.5. The molecular weight excluding hydrogens is 226 g/mol. The van der Waals surface area contributed by atoms with Crippen LogP contribution < -0.4 is 5.32 Å². The quantitative estimate of drug-likeness (QED) is 0.827. The van der Waals surface area contributed by atoms with Gasteiger partial charge in [-0.25, -0.2) is 0 Å². The van der Waals surface area contributed by atoms with Gasteiger partial charge in [-0.1, -0.05) is 12.1 Å². The Bertz CT molecular complexity index is 404. The van der Waals surface area contributed by atoms with E-state index >= 15 is 0 Å². The second-order valence-electron chi connectivity index (χ2n) is 4.55. The van der Waals surface area contributed by atoms with Crippen molar-refractivity contribution in [2.45, 2.75) is 12.5 Å². The number of aliphatic hydroxyl groups excluding tert-OH is 1. The van der Waals surface area contributed by atoms with Crippen LogP contribution in [-0.2, 0) is 0 Å². The summed E-state index contributed by atoms with van der Waals surface area (Å²) in [5.74, 6) is 0. The van der Waals surface area contributed by atoms with Crippen molar-refractivity contribution in [3.05, 3.63) is 35.4 Å². The highest BCUT2D eigenvalue weighted by Gasteiger charge is 2.21. The molecule has 1 heterocycles. The largest absolute Gasteiger partial charge is 0.396 e. The molecule has 18 heavy (non-hydrogen) atoms. The first kappa shape index (κ1) is 13.0. The third kappa shape index (κ3) is 3.08. The lowest BCUT2D eigenvalue weighted by atomic mass is 10.0. The van der Waals surface area contributed by atoms with Crippen LogP contribution in [0, 0.1) is 11.3 Å².